The smallest absolute Gasteiger partial charge is 0.244 e. The molecule has 4 atom stereocenters. The molecule has 4 rings (SSSR count). The number of fused-ring (bicyclic) bond motifs is 1. The molecule has 0 radical (unpaired) electrons. The van der Waals surface area contributed by atoms with E-state index in [1.807, 2.05) is 6.92 Å². The Kier molecular flexibility index (Phi) is 4.54. The van der Waals surface area contributed by atoms with E-state index in [9.17, 15) is 13.2 Å². The van der Waals surface area contributed by atoms with Crippen LogP contribution in [0.1, 0.15) is 26.2 Å². The van der Waals surface area contributed by atoms with Gasteiger partial charge in [-0.3, -0.25) is 4.79 Å². The van der Waals surface area contributed by atoms with Crippen LogP contribution in [-0.4, -0.2) is 50.0 Å². The lowest BCUT2D eigenvalue weighted by molar-refractivity contribution is -0.121. The molecule has 1 aromatic rings. The van der Waals surface area contributed by atoms with Crippen molar-refractivity contribution in [1.82, 2.24) is 9.62 Å². The van der Waals surface area contributed by atoms with Gasteiger partial charge in [0.1, 0.15) is 4.90 Å². The van der Waals surface area contributed by atoms with Crippen molar-refractivity contribution in [3.63, 3.8) is 0 Å². The SMILES string of the molecule is CCC(=O)NC[C@H]1[C@H]2CN(S(=O)(=O)c3ccccc3Cl)C[C@]23CC[C@H]1O3. The number of nitrogens with one attached hydrogen (secondary N) is 1. The molecule has 1 amide bonds. The number of hydrogen-bond acceptors (Lipinski definition) is 4. The van der Waals surface area contributed by atoms with Crippen LogP contribution in [0.2, 0.25) is 5.02 Å². The number of sulfonamides is 1. The summed E-state index contributed by atoms with van der Waals surface area (Å²) in [7, 11) is -3.67. The normalized spacial score (nSPS) is 33.4. The predicted octanol–water partition coefficient (Wildman–Crippen LogP) is 2.03. The number of amides is 1. The van der Waals surface area contributed by atoms with E-state index in [1.165, 1.54) is 4.31 Å². The van der Waals surface area contributed by atoms with Gasteiger partial charge in [-0.1, -0.05) is 30.7 Å². The summed E-state index contributed by atoms with van der Waals surface area (Å²) in [6.07, 6.45) is 2.35. The highest BCUT2D eigenvalue weighted by molar-refractivity contribution is 7.89. The topological polar surface area (TPSA) is 75.7 Å². The van der Waals surface area contributed by atoms with E-state index >= 15 is 0 Å². The van der Waals surface area contributed by atoms with E-state index in [1.54, 1.807) is 24.3 Å². The first-order valence-corrected chi connectivity index (χ1v) is 10.9. The lowest BCUT2D eigenvalue weighted by atomic mass is 9.73. The fourth-order valence-corrected chi connectivity index (χ4v) is 6.77. The summed E-state index contributed by atoms with van der Waals surface area (Å²) in [5.41, 5.74) is -0.416. The first kappa shape index (κ1) is 18.2. The van der Waals surface area contributed by atoms with Crippen molar-refractivity contribution in [3.05, 3.63) is 29.3 Å². The number of rotatable bonds is 5. The van der Waals surface area contributed by atoms with Gasteiger partial charge in [-0.2, -0.15) is 4.31 Å². The quantitative estimate of drug-likeness (QED) is 0.823. The van der Waals surface area contributed by atoms with Gasteiger partial charge in [0.25, 0.3) is 0 Å². The number of hydrogen-bond donors (Lipinski definition) is 1. The molecule has 3 aliphatic rings. The zero-order chi connectivity index (χ0) is 18.5. The third kappa shape index (κ3) is 2.76. The standard InChI is InChI=1S/C18H23ClN2O4S/c1-2-17(22)20-9-12-13-10-21(11-18(13)8-7-15(12)25-18)26(23,24)16-6-4-3-5-14(16)19/h3-6,12-13,15H,2,7-11H2,1H3,(H,20,22)/t12-,13+,15+,18+/m0/s1. The molecule has 2 bridgehead atoms. The molecule has 3 fully saturated rings. The average molecular weight is 399 g/mol. The van der Waals surface area contributed by atoms with Crippen molar-refractivity contribution in [1.29, 1.82) is 0 Å². The molecule has 3 heterocycles. The molecule has 0 aromatic heterocycles. The third-order valence-corrected chi connectivity index (χ3v) is 8.37. The summed E-state index contributed by atoms with van der Waals surface area (Å²) >= 11 is 6.13. The van der Waals surface area contributed by atoms with Gasteiger partial charge in [-0.25, -0.2) is 8.42 Å². The second kappa shape index (κ2) is 6.48. The van der Waals surface area contributed by atoms with Crippen LogP contribution >= 0.6 is 11.6 Å². The highest BCUT2D eigenvalue weighted by atomic mass is 35.5. The molecule has 1 aromatic carbocycles. The zero-order valence-corrected chi connectivity index (χ0v) is 16.2. The van der Waals surface area contributed by atoms with Crippen LogP contribution < -0.4 is 5.32 Å². The van der Waals surface area contributed by atoms with Crippen LogP contribution in [0.3, 0.4) is 0 Å². The summed E-state index contributed by atoms with van der Waals surface area (Å²) in [5.74, 6) is 0.279. The van der Waals surface area contributed by atoms with Gasteiger partial charge < -0.3 is 10.1 Å². The van der Waals surface area contributed by atoms with Crippen molar-refractivity contribution >= 4 is 27.5 Å². The predicted molar refractivity (Wildman–Crippen MR) is 97.3 cm³/mol. The van der Waals surface area contributed by atoms with Gasteiger partial charge in [-0.15, -0.1) is 0 Å². The van der Waals surface area contributed by atoms with Gasteiger partial charge in [0.15, 0.2) is 0 Å². The van der Waals surface area contributed by atoms with Gasteiger partial charge >= 0.3 is 0 Å². The number of nitrogens with zero attached hydrogens (tertiary/aromatic N) is 1. The fourth-order valence-electron chi connectivity index (χ4n) is 4.75. The number of benzene rings is 1. The monoisotopic (exact) mass is 398 g/mol. The molecule has 0 aliphatic carbocycles. The lowest BCUT2D eigenvalue weighted by Gasteiger charge is -2.29. The highest BCUT2D eigenvalue weighted by Gasteiger charge is 2.64. The van der Waals surface area contributed by atoms with E-state index in [-0.39, 0.29) is 33.8 Å². The molecule has 6 nitrogen and oxygen atoms in total. The second-order valence-corrected chi connectivity index (χ2v) is 9.73. The fraction of sp³-hybridized carbons (Fsp3) is 0.611. The van der Waals surface area contributed by atoms with Crippen LogP contribution in [0.4, 0.5) is 0 Å². The molecule has 26 heavy (non-hydrogen) atoms. The Balaban J connectivity index is 1.57. The van der Waals surface area contributed by atoms with E-state index in [4.69, 9.17) is 16.3 Å². The molecule has 8 heteroatoms. The van der Waals surface area contributed by atoms with Crippen molar-refractivity contribution in [2.45, 2.75) is 42.8 Å². The molecule has 1 spiro atoms. The van der Waals surface area contributed by atoms with Crippen LogP contribution in [-0.2, 0) is 19.6 Å². The maximum Gasteiger partial charge on any atom is 0.244 e. The minimum atomic E-state index is -3.67. The first-order chi connectivity index (χ1) is 12.4. The Morgan fingerprint density at radius 1 is 1.42 bits per heavy atom. The second-order valence-electron chi connectivity index (χ2n) is 7.42. The number of carbonyl (C=O) groups excluding carboxylic acids is 1. The Labute approximate surface area is 158 Å². The molecule has 3 saturated heterocycles. The lowest BCUT2D eigenvalue weighted by Crippen LogP contribution is -2.41. The molecule has 0 unspecified atom stereocenters. The highest BCUT2D eigenvalue weighted by Crippen LogP contribution is 2.55. The summed E-state index contributed by atoms with van der Waals surface area (Å²) < 4.78 is 34.0. The van der Waals surface area contributed by atoms with Crippen LogP contribution in [0.25, 0.3) is 0 Å². The number of carbonyl (C=O) groups is 1. The summed E-state index contributed by atoms with van der Waals surface area (Å²) in [4.78, 5) is 11.8. The van der Waals surface area contributed by atoms with Gasteiger partial charge in [-0.05, 0) is 25.0 Å². The number of ether oxygens (including phenoxy) is 1. The van der Waals surface area contributed by atoms with Crippen molar-refractivity contribution < 1.29 is 17.9 Å². The Hall–Kier alpha value is -1.15. The summed E-state index contributed by atoms with van der Waals surface area (Å²) in [6, 6.07) is 6.53. The minimum absolute atomic E-state index is 0.0142. The Morgan fingerprint density at radius 2 is 2.19 bits per heavy atom. The van der Waals surface area contributed by atoms with Crippen molar-refractivity contribution in [2.75, 3.05) is 19.6 Å². The summed E-state index contributed by atoms with van der Waals surface area (Å²) in [6.45, 7) is 3.14. The molecule has 3 aliphatic heterocycles. The molecule has 1 N–H and O–H groups in total. The summed E-state index contributed by atoms with van der Waals surface area (Å²) in [5, 5.41) is 3.19. The average Bonchev–Trinajstić information content (AvgIpc) is 3.28. The van der Waals surface area contributed by atoms with E-state index in [0.717, 1.165) is 12.8 Å². The van der Waals surface area contributed by atoms with Crippen molar-refractivity contribution in [3.8, 4) is 0 Å². The van der Waals surface area contributed by atoms with Gasteiger partial charge in [0.05, 0.1) is 16.7 Å². The van der Waals surface area contributed by atoms with Crippen LogP contribution in [0, 0.1) is 11.8 Å². The van der Waals surface area contributed by atoms with Crippen LogP contribution in [0.15, 0.2) is 29.2 Å². The van der Waals surface area contributed by atoms with Gasteiger partial charge in [0, 0.05) is 37.9 Å². The van der Waals surface area contributed by atoms with Gasteiger partial charge in [0.2, 0.25) is 15.9 Å². The number of halogens is 1. The maximum atomic E-state index is 13.1. The Bertz CT molecular complexity index is 830. The largest absolute Gasteiger partial charge is 0.370 e. The van der Waals surface area contributed by atoms with E-state index in [2.05, 4.69) is 5.32 Å². The minimum Gasteiger partial charge on any atom is -0.370 e. The van der Waals surface area contributed by atoms with Crippen molar-refractivity contribution in [2.24, 2.45) is 11.8 Å². The third-order valence-electron chi connectivity index (χ3n) is 6.06. The van der Waals surface area contributed by atoms with E-state index in [0.29, 0.717) is 26.1 Å². The molecule has 142 valence electrons. The molecular weight excluding hydrogens is 376 g/mol. The Morgan fingerprint density at radius 3 is 2.92 bits per heavy atom. The molecular formula is C18H23ClN2O4S. The first-order valence-electron chi connectivity index (χ1n) is 9.06. The van der Waals surface area contributed by atoms with Crippen LogP contribution in [0.5, 0.6) is 0 Å². The molecule has 0 saturated carbocycles. The maximum absolute atomic E-state index is 13.1. The zero-order valence-electron chi connectivity index (χ0n) is 14.7. The van der Waals surface area contributed by atoms with E-state index < -0.39 is 15.6 Å².